The lowest BCUT2D eigenvalue weighted by Crippen LogP contribution is -2.37. The van der Waals surface area contributed by atoms with Gasteiger partial charge in [0, 0.05) is 26.2 Å². The van der Waals surface area contributed by atoms with Crippen molar-refractivity contribution in [2.24, 2.45) is 0 Å². The van der Waals surface area contributed by atoms with Gasteiger partial charge >= 0.3 is 0 Å². The van der Waals surface area contributed by atoms with Gasteiger partial charge in [-0.1, -0.05) is 0 Å². The van der Waals surface area contributed by atoms with Gasteiger partial charge in [0.05, 0.1) is 5.60 Å². The van der Waals surface area contributed by atoms with Crippen molar-refractivity contribution in [2.75, 3.05) is 33.8 Å². The van der Waals surface area contributed by atoms with Crippen LogP contribution in [0.25, 0.3) is 0 Å². The molecule has 0 aromatic rings. The number of rotatable bonds is 5. The number of hydrogen-bond acceptors (Lipinski definition) is 3. The quantitative estimate of drug-likeness (QED) is 0.719. The van der Waals surface area contributed by atoms with Crippen LogP contribution in [0.4, 0.5) is 0 Å². The first kappa shape index (κ1) is 12.0. The van der Waals surface area contributed by atoms with Gasteiger partial charge in [-0.15, -0.1) is 0 Å². The lowest BCUT2D eigenvalue weighted by Gasteiger charge is -2.29. The molecule has 1 heterocycles. The maximum atomic E-state index is 5.41. The third kappa shape index (κ3) is 3.56. The molecule has 1 fully saturated rings. The molecule has 84 valence electrons. The first-order valence-corrected chi connectivity index (χ1v) is 5.51. The molecule has 0 aliphatic carbocycles. The normalized spacial score (nSPS) is 23.4. The van der Waals surface area contributed by atoms with Crippen LogP contribution in [-0.2, 0) is 4.74 Å². The van der Waals surface area contributed by atoms with Crippen LogP contribution in [0.5, 0.6) is 0 Å². The molecule has 1 aliphatic rings. The van der Waals surface area contributed by atoms with E-state index in [-0.39, 0.29) is 5.60 Å². The fourth-order valence-corrected chi connectivity index (χ4v) is 1.75. The highest BCUT2D eigenvalue weighted by Crippen LogP contribution is 2.15. The summed E-state index contributed by atoms with van der Waals surface area (Å²) in [7, 11) is 4.00. The van der Waals surface area contributed by atoms with E-state index in [4.69, 9.17) is 4.74 Å². The largest absolute Gasteiger partial charge is 0.379 e. The van der Waals surface area contributed by atoms with Gasteiger partial charge in [-0.25, -0.2) is 0 Å². The summed E-state index contributed by atoms with van der Waals surface area (Å²) in [5.41, 5.74) is 0.0142. The molecule has 1 N–H and O–H groups in total. The molecule has 0 aromatic heterocycles. The molecule has 0 amide bonds. The van der Waals surface area contributed by atoms with Crippen molar-refractivity contribution in [1.29, 1.82) is 0 Å². The molecule has 1 saturated heterocycles. The number of ether oxygens (including phenoxy) is 1. The van der Waals surface area contributed by atoms with Crippen LogP contribution in [-0.4, -0.2) is 50.3 Å². The minimum atomic E-state index is 0.0142. The van der Waals surface area contributed by atoms with Gasteiger partial charge in [-0.05, 0) is 40.3 Å². The van der Waals surface area contributed by atoms with Crippen LogP contribution < -0.4 is 5.32 Å². The number of methoxy groups -OCH3 is 1. The van der Waals surface area contributed by atoms with Gasteiger partial charge in [0.15, 0.2) is 0 Å². The SMILES string of the molecule is COC(C)(C)CCN(C)C1CCNC1. The Morgan fingerprint density at radius 3 is 2.71 bits per heavy atom. The van der Waals surface area contributed by atoms with Gasteiger partial charge in [-0.3, -0.25) is 0 Å². The second-order valence-corrected chi connectivity index (χ2v) is 4.84. The predicted molar refractivity (Wildman–Crippen MR) is 59.6 cm³/mol. The van der Waals surface area contributed by atoms with Crippen molar-refractivity contribution in [2.45, 2.75) is 38.3 Å². The standard InChI is InChI=1S/C11H24N2O/c1-11(2,14-4)6-8-13(3)10-5-7-12-9-10/h10,12H,5-9H2,1-4H3. The summed E-state index contributed by atoms with van der Waals surface area (Å²) in [5, 5.41) is 3.39. The first-order chi connectivity index (χ1) is 6.55. The van der Waals surface area contributed by atoms with Crippen LogP contribution in [0.15, 0.2) is 0 Å². The average molecular weight is 200 g/mol. The highest BCUT2D eigenvalue weighted by Gasteiger charge is 2.22. The maximum absolute atomic E-state index is 5.41. The third-order valence-corrected chi connectivity index (χ3v) is 3.28. The molecule has 14 heavy (non-hydrogen) atoms. The Hall–Kier alpha value is -0.120. The van der Waals surface area contributed by atoms with Gasteiger partial charge in [0.25, 0.3) is 0 Å². The summed E-state index contributed by atoms with van der Waals surface area (Å²) in [4.78, 5) is 2.45. The monoisotopic (exact) mass is 200 g/mol. The summed E-state index contributed by atoms with van der Waals surface area (Å²) >= 11 is 0. The van der Waals surface area contributed by atoms with Crippen LogP contribution in [0, 0.1) is 0 Å². The molecule has 1 unspecified atom stereocenters. The summed E-state index contributed by atoms with van der Waals surface area (Å²) in [6.07, 6.45) is 2.38. The van der Waals surface area contributed by atoms with E-state index in [0.717, 1.165) is 25.6 Å². The van der Waals surface area contributed by atoms with Gasteiger partial charge in [-0.2, -0.15) is 0 Å². The van der Waals surface area contributed by atoms with Crippen molar-refractivity contribution in [3.8, 4) is 0 Å². The molecular formula is C11H24N2O. The Labute approximate surface area is 87.8 Å². The summed E-state index contributed by atoms with van der Waals surface area (Å²) in [5.74, 6) is 0. The van der Waals surface area contributed by atoms with Gasteiger partial charge in [0.1, 0.15) is 0 Å². The second-order valence-electron chi connectivity index (χ2n) is 4.84. The summed E-state index contributed by atoms with van der Waals surface area (Å²) in [6.45, 7) is 7.72. The van der Waals surface area contributed by atoms with E-state index in [0.29, 0.717) is 0 Å². The van der Waals surface area contributed by atoms with E-state index < -0.39 is 0 Å². The van der Waals surface area contributed by atoms with Gasteiger partial charge in [0.2, 0.25) is 0 Å². The zero-order chi connectivity index (χ0) is 10.6. The lowest BCUT2D eigenvalue weighted by atomic mass is 10.0. The van der Waals surface area contributed by atoms with Crippen LogP contribution in [0.1, 0.15) is 26.7 Å². The highest BCUT2D eigenvalue weighted by atomic mass is 16.5. The second kappa shape index (κ2) is 5.10. The van der Waals surface area contributed by atoms with Crippen molar-refractivity contribution in [3.05, 3.63) is 0 Å². The van der Waals surface area contributed by atoms with E-state index in [2.05, 4.69) is 31.1 Å². The predicted octanol–water partition coefficient (Wildman–Crippen LogP) is 1.10. The van der Waals surface area contributed by atoms with Crippen molar-refractivity contribution in [3.63, 3.8) is 0 Å². The number of hydrogen-bond donors (Lipinski definition) is 1. The lowest BCUT2D eigenvalue weighted by molar-refractivity contribution is 0.00691. The number of likely N-dealkylation sites (N-methyl/N-ethyl adjacent to an activating group) is 1. The topological polar surface area (TPSA) is 24.5 Å². The molecular weight excluding hydrogens is 176 g/mol. The fourth-order valence-electron chi connectivity index (χ4n) is 1.75. The minimum absolute atomic E-state index is 0.0142. The first-order valence-electron chi connectivity index (χ1n) is 5.51. The minimum Gasteiger partial charge on any atom is -0.379 e. The van der Waals surface area contributed by atoms with E-state index in [9.17, 15) is 0 Å². The molecule has 0 aromatic carbocycles. The molecule has 0 saturated carbocycles. The highest BCUT2D eigenvalue weighted by molar-refractivity contribution is 4.80. The summed E-state index contributed by atoms with van der Waals surface area (Å²) < 4.78 is 5.41. The van der Waals surface area contributed by atoms with Crippen molar-refractivity contribution < 1.29 is 4.74 Å². The maximum Gasteiger partial charge on any atom is 0.0634 e. The molecule has 3 heteroatoms. The van der Waals surface area contributed by atoms with E-state index in [1.165, 1.54) is 13.0 Å². The van der Waals surface area contributed by atoms with Crippen molar-refractivity contribution >= 4 is 0 Å². The Morgan fingerprint density at radius 1 is 1.50 bits per heavy atom. The van der Waals surface area contributed by atoms with Crippen LogP contribution >= 0.6 is 0 Å². The fraction of sp³-hybridized carbons (Fsp3) is 1.00. The Morgan fingerprint density at radius 2 is 2.21 bits per heavy atom. The summed E-state index contributed by atoms with van der Waals surface area (Å²) in [6, 6.07) is 0.725. The number of nitrogens with one attached hydrogen (secondary N) is 1. The van der Waals surface area contributed by atoms with Crippen LogP contribution in [0.2, 0.25) is 0 Å². The van der Waals surface area contributed by atoms with Crippen molar-refractivity contribution in [1.82, 2.24) is 10.2 Å². The molecule has 1 aliphatic heterocycles. The molecule has 0 spiro atoms. The molecule has 3 nitrogen and oxygen atoms in total. The van der Waals surface area contributed by atoms with Crippen LogP contribution in [0.3, 0.4) is 0 Å². The number of nitrogens with zero attached hydrogens (tertiary/aromatic N) is 1. The van der Waals surface area contributed by atoms with E-state index in [1.807, 2.05) is 0 Å². The zero-order valence-electron chi connectivity index (χ0n) is 9.97. The molecule has 1 rings (SSSR count). The average Bonchev–Trinajstić information content (AvgIpc) is 2.67. The Kier molecular flexibility index (Phi) is 4.35. The Bertz CT molecular complexity index is 165. The molecule has 0 bridgehead atoms. The zero-order valence-corrected chi connectivity index (χ0v) is 9.97. The Balaban J connectivity index is 2.23. The third-order valence-electron chi connectivity index (χ3n) is 3.28. The molecule has 0 radical (unpaired) electrons. The molecule has 1 atom stereocenters. The van der Waals surface area contributed by atoms with Gasteiger partial charge < -0.3 is 15.0 Å². The van der Waals surface area contributed by atoms with E-state index >= 15 is 0 Å². The van der Waals surface area contributed by atoms with E-state index in [1.54, 1.807) is 7.11 Å². The smallest absolute Gasteiger partial charge is 0.0634 e.